The third kappa shape index (κ3) is 4.55. The predicted octanol–water partition coefficient (Wildman–Crippen LogP) is 6.40. The van der Waals surface area contributed by atoms with Gasteiger partial charge >= 0.3 is 0 Å². The van der Waals surface area contributed by atoms with Crippen molar-refractivity contribution in [3.63, 3.8) is 0 Å². The Morgan fingerprint density at radius 2 is 1.72 bits per heavy atom. The van der Waals surface area contributed by atoms with Crippen LogP contribution in [0.25, 0.3) is 6.08 Å². The normalized spacial score (nSPS) is 15.2. The maximum absolute atomic E-state index is 13.4. The van der Waals surface area contributed by atoms with Crippen LogP contribution in [0.5, 0.6) is 0 Å². The molecule has 0 unspecified atom stereocenters. The van der Waals surface area contributed by atoms with Crippen molar-refractivity contribution in [1.29, 1.82) is 0 Å². The largest absolute Gasteiger partial charge is 0.361 e. The first-order valence-corrected chi connectivity index (χ1v) is 11.7. The summed E-state index contributed by atoms with van der Waals surface area (Å²) in [7, 11) is 0. The van der Waals surface area contributed by atoms with Crippen molar-refractivity contribution in [2.75, 3.05) is 4.90 Å². The molecule has 1 aliphatic heterocycles. The van der Waals surface area contributed by atoms with Crippen molar-refractivity contribution in [3.8, 4) is 0 Å². The van der Waals surface area contributed by atoms with E-state index in [0.29, 0.717) is 22.5 Å². The minimum Gasteiger partial charge on any atom is -0.361 e. The Morgan fingerprint density at radius 1 is 1.03 bits per heavy atom. The van der Waals surface area contributed by atoms with Crippen molar-refractivity contribution >= 4 is 34.6 Å². The van der Waals surface area contributed by atoms with Gasteiger partial charge < -0.3 is 4.52 Å². The zero-order chi connectivity index (χ0) is 22.8. The van der Waals surface area contributed by atoms with Crippen LogP contribution in [0.15, 0.2) is 63.7 Å². The molecule has 1 amide bonds. The summed E-state index contributed by atoms with van der Waals surface area (Å²) in [6, 6.07) is 16.2. The monoisotopic (exact) mass is 445 g/mol. The molecule has 4 rings (SSSR count). The van der Waals surface area contributed by atoms with Crippen molar-refractivity contribution < 1.29 is 9.32 Å². The molecule has 0 saturated heterocycles. The number of hydrogen-bond donors (Lipinski definition) is 0. The number of aliphatic imine (C=N–C) groups is 1. The highest BCUT2D eigenvalue weighted by atomic mass is 32.2. The first-order valence-electron chi connectivity index (χ1n) is 10.7. The SMILES string of the molecule is Cc1ccc(N2C(=O)C(=Cc3ccc(C(C)C)cc3)N=C2SCc2c(C)noc2C)cc1. The van der Waals surface area contributed by atoms with Crippen LogP contribution in [-0.2, 0) is 10.5 Å². The fraction of sp³-hybridized carbons (Fsp3) is 0.269. The van der Waals surface area contributed by atoms with E-state index in [4.69, 9.17) is 9.52 Å². The molecule has 0 atom stereocenters. The van der Waals surface area contributed by atoms with Crippen LogP contribution in [0.1, 0.15) is 53.5 Å². The second kappa shape index (κ2) is 9.17. The maximum Gasteiger partial charge on any atom is 0.283 e. The molecular formula is C26H27N3O2S. The highest BCUT2D eigenvalue weighted by molar-refractivity contribution is 8.13. The summed E-state index contributed by atoms with van der Waals surface area (Å²) in [5.74, 6) is 1.77. The molecule has 0 radical (unpaired) electrons. The average Bonchev–Trinajstić information content (AvgIpc) is 3.26. The Morgan fingerprint density at radius 3 is 2.31 bits per heavy atom. The Bertz CT molecular complexity index is 1170. The predicted molar refractivity (Wildman–Crippen MR) is 132 cm³/mol. The summed E-state index contributed by atoms with van der Waals surface area (Å²) < 4.78 is 5.29. The van der Waals surface area contributed by atoms with Crippen molar-refractivity contribution in [1.82, 2.24) is 5.16 Å². The topological polar surface area (TPSA) is 58.7 Å². The number of benzene rings is 2. The maximum atomic E-state index is 13.4. The second-order valence-corrected chi connectivity index (χ2v) is 9.26. The number of thioether (sulfide) groups is 1. The molecule has 164 valence electrons. The van der Waals surface area contributed by atoms with Crippen molar-refractivity contribution in [2.24, 2.45) is 4.99 Å². The molecule has 2 aromatic carbocycles. The lowest BCUT2D eigenvalue weighted by Gasteiger charge is -2.18. The number of carbonyl (C=O) groups excluding carboxylic acids is 1. The number of aryl methyl sites for hydroxylation is 3. The van der Waals surface area contributed by atoms with Gasteiger partial charge in [0.2, 0.25) is 0 Å². The highest BCUT2D eigenvalue weighted by Crippen LogP contribution is 2.32. The molecular weight excluding hydrogens is 418 g/mol. The van der Waals surface area contributed by atoms with Gasteiger partial charge in [-0.25, -0.2) is 4.99 Å². The number of anilines is 1. The molecule has 0 aliphatic carbocycles. The van der Waals surface area contributed by atoms with Crippen LogP contribution in [-0.4, -0.2) is 16.2 Å². The van der Waals surface area contributed by atoms with Gasteiger partial charge in [0, 0.05) is 11.3 Å². The Labute approximate surface area is 193 Å². The molecule has 1 aliphatic rings. The van der Waals surface area contributed by atoms with E-state index in [-0.39, 0.29) is 5.91 Å². The lowest BCUT2D eigenvalue weighted by molar-refractivity contribution is -0.113. The standard InChI is InChI=1S/C26H27N3O2S/c1-16(2)21-10-8-20(9-11-21)14-24-25(30)29(22-12-6-17(3)7-13-22)26(27-24)32-15-23-18(4)28-31-19(23)5/h6-14,16H,15H2,1-5H3. The molecule has 5 nitrogen and oxygen atoms in total. The van der Waals surface area contributed by atoms with Gasteiger partial charge in [-0.05, 0) is 56.0 Å². The van der Waals surface area contributed by atoms with E-state index >= 15 is 0 Å². The third-order valence-corrected chi connectivity index (χ3v) is 6.52. The van der Waals surface area contributed by atoms with E-state index < -0.39 is 0 Å². The van der Waals surface area contributed by atoms with Crippen LogP contribution in [0.2, 0.25) is 0 Å². The molecule has 0 spiro atoms. The Hall–Kier alpha value is -3.12. The van der Waals surface area contributed by atoms with Crippen molar-refractivity contribution in [3.05, 3.63) is 87.9 Å². The number of carbonyl (C=O) groups is 1. The average molecular weight is 446 g/mol. The van der Waals surface area contributed by atoms with E-state index in [1.807, 2.05) is 63.2 Å². The van der Waals surface area contributed by atoms with Crippen LogP contribution in [0, 0.1) is 20.8 Å². The van der Waals surface area contributed by atoms with E-state index in [9.17, 15) is 4.79 Å². The van der Waals surface area contributed by atoms with Crippen LogP contribution in [0.4, 0.5) is 5.69 Å². The van der Waals surface area contributed by atoms with Crippen LogP contribution < -0.4 is 4.90 Å². The molecule has 0 N–H and O–H groups in total. The summed E-state index contributed by atoms with van der Waals surface area (Å²) >= 11 is 1.52. The van der Waals surface area contributed by atoms with E-state index in [2.05, 4.69) is 31.1 Å². The lowest BCUT2D eigenvalue weighted by Crippen LogP contribution is -2.30. The van der Waals surface area contributed by atoms with E-state index in [1.165, 1.54) is 17.3 Å². The first-order chi connectivity index (χ1) is 15.3. The summed E-state index contributed by atoms with van der Waals surface area (Å²) in [6.07, 6.45) is 1.86. The molecule has 2 heterocycles. The van der Waals surface area contributed by atoms with Gasteiger partial charge in [0.15, 0.2) is 5.17 Å². The van der Waals surface area contributed by atoms with Gasteiger partial charge in [-0.1, -0.05) is 72.7 Å². The number of nitrogens with zero attached hydrogens (tertiary/aromatic N) is 3. The Balaban J connectivity index is 1.66. The van der Waals surface area contributed by atoms with Gasteiger partial charge in [-0.2, -0.15) is 0 Å². The Kier molecular flexibility index (Phi) is 6.33. The van der Waals surface area contributed by atoms with Crippen molar-refractivity contribution in [2.45, 2.75) is 46.3 Å². The van der Waals surface area contributed by atoms with Gasteiger partial charge in [0.1, 0.15) is 11.5 Å². The first kappa shape index (κ1) is 22.1. The van der Waals surface area contributed by atoms with Gasteiger partial charge in [-0.15, -0.1) is 0 Å². The van der Waals surface area contributed by atoms with Crippen LogP contribution in [0.3, 0.4) is 0 Å². The second-order valence-electron chi connectivity index (χ2n) is 8.31. The zero-order valence-corrected chi connectivity index (χ0v) is 19.9. The molecule has 0 fully saturated rings. The van der Waals surface area contributed by atoms with Gasteiger partial charge in [0.25, 0.3) is 5.91 Å². The van der Waals surface area contributed by atoms with Gasteiger partial charge in [0.05, 0.1) is 11.4 Å². The smallest absolute Gasteiger partial charge is 0.283 e. The highest BCUT2D eigenvalue weighted by Gasteiger charge is 2.32. The number of rotatable bonds is 5. The third-order valence-electron chi connectivity index (χ3n) is 5.56. The number of aromatic nitrogens is 1. The summed E-state index contributed by atoms with van der Waals surface area (Å²) in [4.78, 5) is 19.8. The fourth-order valence-corrected chi connectivity index (χ4v) is 4.66. The van der Waals surface area contributed by atoms with E-state index in [1.54, 1.807) is 4.90 Å². The summed E-state index contributed by atoms with van der Waals surface area (Å²) in [5.41, 5.74) is 6.52. The lowest BCUT2D eigenvalue weighted by atomic mass is 10.0. The summed E-state index contributed by atoms with van der Waals surface area (Å²) in [5, 5.41) is 4.69. The molecule has 1 aromatic heterocycles. The van der Waals surface area contributed by atoms with Gasteiger partial charge in [-0.3, -0.25) is 9.69 Å². The zero-order valence-electron chi connectivity index (χ0n) is 19.0. The fourth-order valence-electron chi connectivity index (χ4n) is 3.49. The molecule has 32 heavy (non-hydrogen) atoms. The molecule has 3 aromatic rings. The van der Waals surface area contributed by atoms with E-state index in [0.717, 1.165) is 33.8 Å². The van der Waals surface area contributed by atoms with Crippen LogP contribution >= 0.6 is 11.8 Å². The number of amides is 1. The quantitative estimate of drug-likeness (QED) is 0.426. The molecule has 0 bridgehead atoms. The number of hydrogen-bond acceptors (Lipinski definition) is 5. The molecule has 0 saturated carbocycles. The summed E-state index contributed by atoms with van der Waals surface area (Å²) in [6.45, 7) is 10.2. The number of amidine groups is 1. The molecule has 6 heteroatoms. The minimum atomic E-state index is -0.122. The minimum absolute atomic E-state index is 0.122.